The van der Waals surface area contributed by atoms with Gasteiger partial charge in [0.05, 0.1) is 6.04 Å². The molecule has 0 amide bonds. The Kier molecular flexibility index (Phi) is 4.64. The highest BCUT2D eigenvalue weighted by atomic mass is 16.1. The van der Waals surface area contributed by atoms with E-state index >= 15 is 0 Å². The summed E-state index contributed by atoms with van der Waals surface area (Å²) >= 11 is 0. The number of pyridine rings is 1. The quantitative estimate of drug-likeness (QED) is 0.847. The monoisotopic (exact) mass is 268 g/mol. The first-order valence-corrected chi connectivity index (χ1v) is 6.81. The number of hydrogen-bond donors (Lipinski definition) is 1. The summed E-state index contributed by atoms with van der Waals surface area (Å²) in [7, 11) is 0. The molecule has 0 fully saturated rings. The Morgan fingerprint density at radius 2 is 1.90 bits per heavy atom. The van der Waals surface area contributed by atoms with Gasteiger partial charge in [-0.2, -0.15) is 0 Å². The van der Waals surface area contributed by atoms with E-state index in [1.165, 1.54) is 5.56 Å². The summed E-state index contributed by atoms with van der Waals surface area (Å²) in [6, 6.07) is 9.63. The fourth-order valence-electron chi connectivity index (χ4n) is 2.19. The maximum absolute atomic E-state index is 12.4. The molecule has 0 bridgehead atoms. The van der Waals surface area contributed by atoms with Gasteiger partial charge in [-0.3, -0.25) is 9.78 Å². The van der Waals surface area contributed by atoms with Crippen LogP contribution in [0.1, 0.15) is 34.0 Å². The van der Waals surface area contributed by atoms with Gasteiger partial charge in [0, 0.05) is 24.5 Å². The first kappa shape index (κ1) is 14.4. The summed E-state index contributed by atoms with van der Waals surface area (Å²) in [5.41, 5.74) is 4.13. The SMILES string of the molecule is Cc1ccc(C(=O)C(C)NCc2ccncc2)c(C)c1. The lowest BCUT2D eigenvalue weighted by atomic mass is 9.98. The zero-order valence-electron chi connectivity index (χ0n) is 12.2. The Morgan fingerprint density at radius 3 is 2.55 bits per heavy atom. The van der Waals surface area contributed by atoms with Crippen molar-refractivity contribution in [3.8, 4) is 0 Å². The zero-order chi connectivity index (χ0) is 14.5. The molecule has 1 atom stereocenters. The number of benzene rings is 1. The molecule has 3 nitrogen and oxygen atoms in total. The standard InChI is InChI=1S/C17H20N2O/c1-12-4-5-16(13(2)10-12)17(20)14(3)19-11-15-6-8-18-9-7-15/h4-10,14,19H,11H2,1-3H3. The summed E-state index contributed by atoms with van der Waals surface area (Å²) in [4.78, 5) is 16.4. The van der Waals surface area contributed by atoms with Crippen LogP contribution in [0.15, 0.2) is 42.7 Å². The molecule has 2 rings (SSSR count). The fourth-order valence-corrected chi connectivity index (χ4v) is 2.19. The Bertz CT molecular complexity index is 593. The van der Waals surface area contributed by atoms with Crippen LogP contribution in [-0.2, 0) is 6.54 Å². The molecule has 1 aromatic carbocycles. The third kappa shape index (κ3) is 3.52. The van der Waals surface area contributed by atoms with Gasteiger partial charge in [0.2, 0.25) is 0 Å². The lowest BCUT2D eigenvalue weighted by molar-refractivity contribution is 0.0949. The van der Waals surface area contributed by atoms with E-state index in [0.717, 1.165) is 16.7 Å². The molecule has 1 aromatic heterocycles. The van der Waals surface area contributed by atoms with Crippen molar-refractivity contribution in [3.05, 3.63) is 65.0 Å². The number of carbonyl (C=O) groups is 1. The second kappa shape index (κ2) is 6.44. The van der Waals surface area contributed by atoms with Gasteiger partial charge in [0.1, 0.15) is 0 Å². The largest absolute Gasteiger partial charge is 0.303 e. The van der Waals surface area contributed by atoms with Crippen molar-refractivity contribution in [1.29, 1.82) is 0 Å². The van der Waals surface area contributed by atoms with Gasteiger partial charge in [-0.1, -0.05) is 23.8 Å². The molecule has 2 aromatic rings. The van der Waals surface area contributed by atoms with Crippen LogP contribution in [0.4, 0.5) is 0 Å². The summed E-state index contributed by atoms with van der Waals surface area (Å²) in [5.74, 6) is 0.136. The summed E-state index contributed by atoms with van der Waals surface area (Å²) in [5, 5.41) is 3.26. The van der Waals surface area contributed by atoms with Crippen molar-refractivity contribution in [2.24, 2.45) is 0 Å². The van der Waals surface area contributed by atoms with Gasteiger partial charge < -0.3 is 5.32 Å². The molecule has 104 valence electrons. The molecule has 20 heavy (non-hydrogen) atoms. The first-order chi connectivity index (χ1) is 9.58. The number of nitrogens with zero attached hydrogens (tertiary/aromatic N) is 1. The van der Waals surface area contributed by atoms with Crippen molar-refractivity contribution in [3.63, 3.8) is 0 Å². The van der Waals surface area contributed by atoms with E-state index in [1.807, 2.05) is 51.1 Å². The third-order valence-electron chi connectivity index (χ3n) is 3.40. The minimum Gasteiger partial charge on any atom is -0.303 e. The Labute approximate surface area is 120 Å². The van der Waals surface area contributed by atoms with E-state index in [-0.39, 0.29) is 11.8 Å². The molecule has 0 spiro atoms. The normalized spacial score (nSPS) is 12.2. The highest BCUT2D eigenvalue weighted by Gasteiger charge is 2.16. The van der Waals surface area contributed by atoms with Gasteiger partial charge in [-0.25, -0.2) is 0 Å². The van der Waals surface area contributed by atoms with Gasteiger partial charge in [-0.05, 0) is 44.0 Å². The third-order valence-corrected chi connectivity index (χ3v) is 3.40. The molecule has 1 unspecified atom stereocenters. The number of rotatable bonds is 5. The van der Waals surface area contributed by atoms with Crippen molar-refractivity contribution in [1.82, 2.24) is 10.3 Å². The van der Waals surface area contributed by atoms with Crippen LogP contribution in [-0.4, -0.2) is 16.8 Å². The summed E-state index contributed by atoms with van der Waals surface area (Å²) < 4.78 is 0. The van der Waals surface area contributed by atoms with Crippen LogP contribution in [0.3, 0.4) is 0 Å². The van der Waals surface area contributed by atoms with Gasteiger partial charge in [0.25, 0.3) is 0 Å². The average molecular weight is 268 g/mol. The van der Waals surface area contributed by atoms with Gasteiger partial charge in [0.15, 0.2) is 5.78 Å². The Morgan fingerprint density at radius 1 is 1.20 bits per heavy atom. The van der Waals surface area contributed by atoms with Crippen LogP contribution >= 0.6 is 0 Å². The topological polar surface area (TPSA) is 42.0 Å². The van der Waals surface area contributed by atoms with Gasteiger partial charge >= 0.3 is 0 Å². The predicted molar refractivity (Wildman–Crippen MR) is 80.8 cm³/mol. The summed E-state index contributed by atoms with van der Waals surface area (Å²) in [6.45, 7) is 6.59. The van der Waals surface area contributed by atoms with Crippen LogP contribution in [0.25, 0.3) is 0 Å². The smallest absolute Gasteiger partial charge is 0.179 e. The molecular formula is C17H20N2O. The lowest BCUT2D eigenvalue weighted by Crippen LogP contribution is -2.33. The van der Waals surface area contributed by atoms with E-state index in [2.05, 4.69) is 10.3 Å². The number of Topliss-reactive ketones (excluding diaryl/α,β-unsaturated/α-hetero) is 1. The fraction of sp³-hybridized carbons (Fsp3) is 0.294. The molecule has 0 aliphatic carbocycles. The molecule has 1 N–H and O–H groups in total. The first-order valence-electron chi connectivity index (χ1n) is 6.81. The molecule has 0 aliphatic heterocycles. The van der Waals surface area contributed by atoms with Crippen molar-refractivity contribution < 1.29 is 4.79 Å². The maximum Gasteiger partial charge on any atom is 0.179 e. The van der Waals surface area contributed by atoms with Crippen molar-refractivity contribution in [2.45, 2.75) is 33.4 Å². The molecule has 0 saturated heterocycles. The Hall–Kier alpha value is -2.00. The molecule has 0 radical (unpaired) electrons. The number of aromatic nitrogens is 1. The summed E-state index contributed by atoms with van der Waals surface area (Å²) in [6.07, 6.45) is 3.52. The maximum atomic E-state index is 12.4. The van der Waals surface area contributed by atoms with Crippen LogP contribution in [0.2, 0.25) is 0 Å². The minimum atomic E-state index is -0.204. The Balaban J connectivity index is 2.01. The average Bonchev–Trinajstić information content (AvgIpc) is 2.45. The second-order valence-corrected chi connectivity index (χ2v) is 5.14. The number of carbonyl (C=O) groups excluding carboxylic acids is 1. The highest BCUT2D eigenvalue weighted by molar-refractivity contribution is 6.01. The number of hydrogen-bond acceptors (Lipinski definition) is 3. The molecule has 1 heterocycles. The number of ketones is 1. The van der Waals surface area contributed by atoms with Crippen LogP contribution in [0.5, 0.6) is 0 Å². The van der Waals surface area contributed by atoms with Crippen LogP contribution < -0.4 is 5.32 Å². The van der Waals surface area contributed by atoms with Crippen molar-refractivity contribution in [2.75, 3.05) is 0 Å². The van der Waals surface area contributed by atoms with E-state index in [0.29, 0.717) is 6.54 Å². The van der Waals surface area contributed by atoms with Crippen LogP contribution in [0, 0.1) is 13.8 Å². The van der Waals surface area contributed by atoms with Crippen molar-refractivity contribution >= 4 is 5.78 Å². The van der Waals surface area contributed by atoms with Gasteiger partial charge in [-0.15, -0.1) is 0 Å². The van der Waals surface area contributed by atoms with E-state index < -0.39 is 0 Å². The van der Waals surface area contributed by atoms with E-state index in [1.54, 1.807) is 12.4 Å². The number of nitrogens with one attached hydrogen (secondary N) is 1. The minimum absolute atomic E-state index is 0.136. The molecule has 0 aliphatic rings. The highest BCUT2D eigenvalue weighted by Crippen LogP contribution is 2.13. The number of aryl methyl sites for hydroxylation is 2. The van der Waals surface area contributed by atoms with E-state index in [9.17, 15) is 4.79 Å². The molecular weight excluding hydrogens is 248 g/mol. The molecule has 0 saturated carbocycles. The zero-order valence-corrected chi connectivity index (χ0v) is 12.2. The second-order valence-electron chi connectivity index (χ2n) is 5.14. The predicted octanol–water partition coefficient (Wildman–Crippen LogP) is 3.06. The van der Waals surface area contributed by atoms with E-state index in [4.69, 9.17) is 0 Å². The molecule has 3 heteroatoms. The lowest BCUT2D eigenvalue weighted by Gasteiger charge is -2.14.